The zero-order valence-electron chi connectivity index (χ0n) is 11.1. The molecule has 0 bridgehead atoms. The summed E-state index contributed by atoms with van der Waals surface area (Å²) in [6.07, 6.45) is 2.07. The number of thioether (sulfide) groups is 1. The number of amides is 1. The van der Waals surface area contributed by atoms with Crippen LogP contribution in [0.25, 0.3) is 0 Å². The standard InChI is InChI=1S/C14H20N2O2S/c1-15-11-6-8-16(9-7-11)14(18)10-19-13-4-2-12(17)3-5-13/h2-5,11,15,17H,6-10H2,1H3. The van der Waals surface area contributed by atoms with E-state index in [1.54, 1.807) is 12.1 Å². The summed E-state index contributed by atoms with van der Waals surface area (Å²) in [6.45, 7) is 1.70. The number of likely N-dealkylation sites (tertiary alicyclic amines) is 1. The Kier molecular flexibility index (Phi) is 5.10. The number of phenolic OH excluding ortho intramolecular Hbond substituents is 1. The van der Waals surface area contributed by atoms with Gasteiger partial charge in [0.05, 0.1) is 5.75 Å². The first-order valence-corrected chi connectivity index (χ1v) is 7.54. The molecule has 0 aliphatic carbocycles. The molecule has 1 amide bonds. The summed E-state index contributed by atoms with van der Waals surface area (Å²) in [7, 11) is 1.98. The van der Waals surface area contributed by atoms with E-state index in [1.807, 2.05) is 24.1 Å². The zero-order chi connectivity index (χ0) is 13.7. The number of nitrogens with one attached hydrogen (secondary N) is 1. The van der Waals surface area contributed by atoms with E-state index in [1.165, 1.54) is 11.8 Å². The van der Waals surface area contributed by atoms with Gasteiger partial charge in [-0.05, 0) is 44.2 Å². The quantitative estimate of drug-likeness (QED) is 0.824. The number of nitrogens with zero attached hydrogens (tertiary/aromatic N) is 1. The second-order valence-electron chi connectivity index (χ2n) is 4.73. The number of phenols is 1. The molecule has 1 aromatic rings. The first-order chi connectivity index (χ1) is 9.19. The Morgan fingerprint density at radius 2 is 2.00 bits per heavy atom. The lowest BCUT2D eigenvalue weighted by atomic mass is 10.1. The maximum Gasteiger partial charge on any atom is 0.232 e. The molecule has 0 unspecified atom stereocenters. The third-order valence-electron chi connectivity index (χ3n) is 3.45. The van der Waals surface area contributed by atoms with Crippen LogP contribution in [-0.2, 0) is 4.79 Å². The Morgan fingerprint density at radius 3 is 2.58 bits per heavy atom. The number of hydrogen-bond donors (Lipinski definition) is 2. The fourth-order valence-electron chi connectivity index (χ4n) is 2.20. The Hall–Kier alpha value is -1.20. The molecule has 0 spiro atoms. The molecule has 1 heterocycles. The van der Waals surface area contributed by atoms with Crippen molar-refractivity contribution in [2.75, 3.05) is 25.9 Å². The van der Waals surface area contributed by atoms with E-state index < -0.39 is 0 Å². The molecule has 0 radical (unpaired) electrons. The molecule has 1 aliphatic rings. The van der Waals surface area contributed by atoms with Crippen LogP contribution in [0.4, 0.5) is 0 Å². The number of carbonyl (C=O) groups excluding carboxylic acids is 1. The predicted octanol–water partition coefficient (Wildman–Crippen LogP) is 1.69. The van der Waals surface area contributed by atoms with Gasteiger partial charge in [-0.1, -0.05) is 0 Å². The molecule has 0 atom stereocenters. The lowest BCUT2D eigenvalue weighted by Crippen LogP contribution is -2.44. The molecule has 0 saturated carbocycles. The molecule has 2 N–H and O–H groups in total. The maximum atomic E-state index is 12.1. The number of aromatic hydroxyl groups is 1. The van der Waals surface area contributed by atoms with E-state index in [-0.39, 0.29) is 11.7 Å². The molecular weight excluding hydrogens is 260 g/mol. The molecule has 19 heavy (non-hydrogen) atoms. The molecule has 1 aliphatic heterocycles. The second kappa shape index (κ2) is 6.82. The average molecular weight is 280 g/mol. The van der Waals surface area contributed by atoms with Crippen molar-refractivity contribution in [1.29, 1.82) is 0 Å². The Bertz CT molecular complexity index is 414. The summed E-state index contributed by atoms with van der Waals surface area (Å²) in [5, 5.41) is 12.5. The molecular formula is C14H20N2O2S. The fourth-order valence-corrected chi connectivity index (χ4v) is 3.00. The normalized spacial score (nSPS) is 16.6. The van der Waals surface area contributed by atoms with Crippen molar-refractivity contribution >= 4 is 17.7 Å². The van der Waals surface area contributed by atoms with Gasteiger partial charge in [-0.2, -0.15) is 0 Å². The summed E-state index contributed by atoms with van der Waals surface area (Å²) in [4.78, 5) is 15.0. The van der Waals surface area contributed by atoms with Crippen LogP contribution in [0.3, 0.4) is 0 Å². The van der Waals surface area contributed by atoms with Crippen molar-refractivity contribution in [3.8, 4) is 5.75 Å². The highest BCUT2D eigenvalue weighted by Gasteiger charge is 2.21. The van der Waals surface area contributed by atoms with Crippen LogP contribution in [0.2, 0.25) is 0 Å². The molecule has 0 aromatic heterocycles. The third-order valence-corrected chi connectivity index (χ3v) is 4.45. The van der Waals surface area contributed by atoms with E-state index in [0.717, 1.165) is 30.8 Å². The zero-order valence-corrected chi connectivity index (χ0v) is 11.9. The van der Waals surface area contributed by atoms with E-state index >= 15 is 0 Å². The predicted molar refractivity (Wildman–Crippen MR) is 77.5 cm³/mol. The number of benzene rings is 1. The number of carbonyl (C=O) groups is 1. The SMILES string of the molecule is CNC1CCN(C(=O)CSc2ccc(O)cc2)CC1. The van der Waals surface area contributed by atoms with Crippen molar-refractivity contribution in [2.24, 2.45) is 0 Å². The van der Waals surface area contributed by atoms with Crippen LogP contribution in [0.1, 0.15) is 12.8 Å². The van der Waals surface area contributed by atoms with Gasteiger partial charge in [-0.3, -0.25) is 4.79 Å². The highest BCUT2D eigenvalue weighted by molar-refractivity contribution is 8.00. The van der Waals surface area contributed by atoms with Crippen molar-refractivity contribution in [2.45, 2.75) is 23.8 Å². The first kappa shape index (κ1) is 14.2. The van der Waals surface area contributed by atoms with Gasteiger partial charge in [0.15, 0.2) is 0 Å². The van der Waals surface area contributed by atoms with Crippen LogP contribution < -0.4 is 5.32 Å². The average Bonchev–Trinajstić information content (AvgIpc) is 2.46. The molecule has 4 nitrogen and oxygen atoms in total. The molecule has 2 rings (SSSR count). The molecule has 1 aromatic carbocycles. The highest BCUT2D eigenvalue weighted by atomic mass is 32.2. The number of rotatable bonds is 4. The van der Waals surface area contributed by atoms with Gasteiger partial charge >= 0.3 is 0 Å². The highest BCUT2D eigenvalue weighted by Crippen LogP contribution is 2.21. The summed E-state index contributed by atoms with van der Waals surface area (Å²) in [6, 6.07) is 7.51. The van der Waals surface area contributed by atoms with Gasteiger partial charge in [0.1, 0.15) is 5.75 Å². The lowest BCUT2D eigenvalue weighted by molar-refractivity contribution is -0.129. The molecule has 1 saturated heterocycles. The van der Waals surface area contributed by atoms with Crippen molar-refractivity contribution in [3.05, 3.63) is 24.3 Å². The minimum atomic E-state index is 0.202. The van der Waals surface area contributed by atoms with Crippen molar-refractivity contribution in [3.63, 3.8) is 0 Å². The van der Waals surface area contributed by atoms with Gasteiger partial charge in [0.25, 0.3) is 0 Å². The van der Waals surface area contributed by atoms with E-state index in [0.29, 0.717) is 11.8 Å². The van der Waals surface area contributed by atoms with Gasteiger partial charge in [0, 0.05) is 24.0 Å². The molecule has 5 heteroatoms. The Morgan fingerprint density at radius 1 is 1.37 bits per heavy atom. The minimum Gasteiger partial charge on any atom is -0.508 e. The third kappa shape index (κ3) is 4.14. The number of piperidine rings is 1. The second-order valence-corrected chi connectivity index (χ2v) is 5.78. The first-order valence-electron chi connectivity index (χ1n) is 6.56. The van der Waals surface area contributed by atoms with E-state index in [4.69, 9.17) is 0 Å². The van der Waals surface area contributed by atoms with Crippen molar-refractivity contribution < 1.29 is 9.90 Å². The van der Waals surface area contributed by atoms with Crippen LogP contribution in [0.15, 0.2) is 29.2 Å². The topological polar surface area (TPSA) is 52.6 Å². The largest absolute Gasteiger partial charge is 0.508 e. The van der Waals surface area contributed by atoms with Gasteiger partial charge in [0.2, 0.25) is 5.91 Å². The van der Waals surface area contributed by atoms with Crippen LogP contribution >= 0.6 is 11.8 Å². The summed E-state index contributed by atoms with van der Waals surface area (Å²) < 4.78 is 0. The van der Waals surface area contributed by atoms with Gasteiger partial charge in [-0.15, -0.1) is 11.8 Å². The maximum absolute atomic E-state index is 12.1. The Balaban J connectivity index is 1.77. The van der Waals surface area contributed by atoms with Crippen molar-refractivity contribution in [1.82, 2.24) is 10.2 Å². The minimum absolute atomic E-state index is 0.202. The van der Waals surface area contributed by atoms with E-state index in [2.05, 4.69) is 5.32 Å². The monoisotopic (exact) mass is 280 g/mol. The molecule has 1 fully saturated rings. The van der Waals surface area contributed by atoms with Crippen LogP contribution in [0, 0.1) is 0 Å². The number of hydrogen-bond acceptors (Lipinski definition) is 4. The smallest absolute Gasteiger partial charge is 0.232 e. The molecule has 104 valence electrons. The van der Waals surface area contributed by atoms with Crippen LogP contribution in [0.5, 0.6) is 5.75 Å². The fraction of sp³-hybridized carbons (Fsp3) is 0.500. The van der Waals surface area contributed by atoms with E-state index in [9.17, 15) is 9.90 Å². The summed E-state index contributed by atoms with van der Waals surface area (Å²) >= 11 is 1.52. The van der Waals surface area contributed by atoms with Crippen LogP contribution in [-0.4, -0.2) is 47.8 Å². The van der Waals surface area contributed by atoms with Gasteiger partial charge < -0.3 is 15.3 Å². The Labute approximate surface area is 118 Å². The van der Waals surface area contributed by atoms with Gasteiger partial charge in [-0.25, -0.2) is 0 Å². The lowest BCUT2D eigenvalue weighted by Gasteiger charge is -2.31. The summed E-state index contributed by atoms with van der Waals surface area (Å²) in [5.41, 5.74) is 0. The summed E-state index contributed by atoms with van der Waals surface area (Å²) in [5.74, 6) is 0.923.